The summed E-state index contributed by atoms with van der Waals surface area (Å²) in [5.74, 6) is -7.96. The molecule has 6 aliphatic rings. The Morgan fingerprint density at radius 1 is 0.900 bits per heavy atom. The summed E-state index contributed by atoms with van der Waals surface area (Å²) in [6.07, 6.45) is 8.81. The average molecular weight is 974 g/mol. The van der Waals surface area contributed by atoms with E-state index >= 15 is 0 Å². The van der Waals surface area contributed by atoms with Crippen LogP contribution in [0.3, 0.4) is 0 Å². The number of hydrogen-bond acceptors (Lipinski definition) is 15. The number of aliphatic hydroxyl groups excluding tert-OH is 3. The normalized spacial score (nSPS) is 30.4. The van der Waals surface area contributed by atoms with E-state index in [0.717, 1.165) is 32.9 Å². The van der Waals surface area contributed by atoms with Gasteiger partial charge in [-0.1, -0.05) is 59.8 Å². The van der Waals surface area contributed by atoms with Crippen molar-refractivity contribution in [1.82, 2.24) is 9.80 Å². The number of phenols is 2. The van der Waals surface area contributed by atoms with Gasteiger partial charge < -0.3 is 54.9 Å². The lowest BCUT2D eigenvalue weighted by atomic mass is 9.79. The third kappa shape index (κ3) is 10.6. The van der Waals surface area contributed by atoms with Gasteiger partial charge in [-0.3, -0.25) is 29.2 Å². The number of anilines is 1. The Balaban J connectivity index is 0.00000397. The number of phenolic OH excluding ortho intramolecular Hbond substituents is 2. The quantitative estimate of drug-likeness (QED) is 0.126. The van der Waals surface area contributed by atoms with Gasteiger partial charge in [-0.05, 0) is 64.4 Å². The van der Waals surface area contributed by atoms with Crippen molar-refractivity contribution < 1.29 is 58.9 Å². The number of allylic oxidation sites excluding steroid dienone is 3. The van der Waals surface area contributed by atoms with E-state index in [4.69, 9.17) is 29.3 Å². The van der Waals surface area contributed by atoms with E-state index in [0.29, 0.717) is 44.9 Å². The van der Waals surface area contributed by atoms with Crippen molar-refractivity contribution >= 4 is 40.0 Å². The number of nitrogens with one attached hydrogen (secondary N) is 1. The van der Waals surface area contributed by atoms with E-state index in [1.165, 1.54) is 20.1 Å². The van der Waals surface area contributed by atoms with Crippen molar-refractivity contribution in [2.45, 2.75) is 138 Å². The summed E-state index contributed by atoms with van der Waals surface area (Å²) in [4.78, 5) is 70.4. The first-order valence-electron chi connectivity index (χ1n) is 24.9. The van der Waals surface area contributed by atoms with Crippen LogP contribution in [0.4, 0.5) is 5.69 Å². The van der Waals surface area contributed by atoms with Crippen LogP contribution in [0.2, 0.25) is 0 Å². The molecule has 0 radical (unpaired) electrons. The van der Waals surface area contributed by atoms with Crippen molar-refractivity contribution in [3.63, 3.8) is 0 Å². The van der Waals surface area contributed by atoms with Crippen LogP contribution < -0.4 is 20.8 Å². The standard InChI is InChI=1S/C52H71N5O11.CH4O/c1-27(2)26-56-23-19-52(20-24-56)54-38-35-36-43(60)33(8)46-37(35)47(62)51(10,68-46)66-25-15-18-29(4)45(67-50(65)34(9)49(64)57-21-12-11-13-22-57)32(7)42(59)31(6)41(58)28(3)16-14-17-30(5)48(63)53-40(44(36)61)39(38)55-52;1-2/h14-17,25,27-29,31-32,34,41-42,45,58-61H,11-13,18-24,26H2,1-10H3,(H,53,63);2H,1H3/b16-14+,25-15+,30-17-;/t28-,29+,31+,32+,34?,41-,42?,45+,51?;/m0./s1. The zero-order valence-corrected chi connectivity index (χ0v) is 42.7. The molecule has 8 rings (SSSR count). The van der Waals surface area contributed by atoms with Gasteiger partial charge in [0.05, 0.1) is 34.8 Å². The molecule has 17 nitrogen and oxygen atoms in total. The Kier molecular flexibility index (Phi) is 16.9. The van der Waals surface area contributed by atoms with E-state index in [-0.39, 0.29) is 67.7 Å². The second-order valence-electron chi connectivity index (χ2n) is 20.6. The van der Waals surface area contributed by atoms with Crippen molar-refractivity contribution in [2.75, 3.05) is 45.2 Å². The van der Waals surface area contributed by atoms with Crippen LogP contribution in [0.15, 0.2) is 46.1 Å². The highest BCUT2D eigenvalue weighted by Crippen LogP contribution is 2.50. The maximum atomic E-state index is 14.8. The average Bonchev–Trinajstić information content (AvgIpc) is 3.85. The van der Waals surface area contributed by atoms with E-state index in [1.807, 2.05) is 6.92 Å². The first-order valence-corrected chi connectivity index (χ1v) is 24.9. The molecule has 0 saturated carbocycles. The SMILES string of the molecule is C/C1=C/C=C/[C@H](C)[C@H](O)[C@@H](C)C(O)[C@@H](C)[C@H](OC(=O)C(C)C(=O)N2CCCCC2)[C@H](C)C/C=C/OC2(C)Oc3c(C)c(O)c4c(O)c(c5c(c4c3C2=O)=NC2(CCN(CC(C)C)CC2)N=5)NC1=O.CO. The molecule has 0 aliphatic carbocycles. The fourth-order valence-electron chi connectivity index (χ4n) is 10.5. The topological polar surface area (TPSA) is 240 Å². The van der Waals surface area contributed by atoms with Crippen LogP contribution in [-0.4, -0.2) is 128 Å². The molecule has 9 atom stereocenters. The van der Waals surface area contributed by atoms with Gasteiger partial charge in [0, 0.05) is 93.9 Å². The molecule has 2 aromatic rings. The number of Topliss-reactive ketones (excluding diaryl/α,β-unsaturated/α-hetero) is 1. The Bertz CT molecular complexity index is 2540. The molecule has 2 amide bonds. The van der Waals surface area contributed by atoms with Crippen molar-refractivity contribution in [3.05, 3.63) is 58.0 Å². The van der Waals surface area contributed by atoms with Crippen LogP contribution in [-0.2, 0) is 23.9 Å². The molecule has 384 valence electrons. The molecule has 17 heteroatoms. The molecule has 6 heterocycles. The minimum atomic E-state index is -1.94. The van der Waals surface area contributed by atoms with Crippen LogP contribution >= 0.6 is 0 Å². The molecule has 70 heavy (non-hydrogen) atoms. The first kappa shape index (κ1) is 54.0. The van der Waals surface area contributed by atoms with Gasteiger partial charge in [0.25, 0.3) is 11.7 Å². The van der Waals surface area contributed by atoms with E-state index in [9.17, 15) is 39.6 Å². The van der Waals surface area contributed by atoms with Crippen LogP contribution in [0.25, 0.3) is 10.8 Å². The number of benzene rings is 2. The van der Waals surface area contributed by atoms with Gasteiger partial charge >= 0.3 is 11.8 Å². The minimum Gasteiger partial charge on any atom is -0.507 e. The number of nitrogens with zero attached hydrogens (tertiary/aromatic N) is 4. The number of fused-ring (bicyclic) bond motifs is 13. The van der Waals surface area contributed by atoms with Crippen molar-refractivity contribution in [1.29, 1.82) is 0 Å². The predicted molar refractivity (Wildman–Crippen MR) is 264 cm³/mol. The van der Waals surface area contributed by atoms with Gasteiger partial charge in [0.2, 0.25) is 5.91 Å². The summed E-state index contributed by atoms with van der Waals surface area (Å²) in [5, 5.41) is 57.7. The zero-order chi connectivity index (χ0) is 51.6. The smallest absolute Gasteiger partial charge is 0.318 e. The highest BCUT2D eigenvalue weighted by atomic mass is 16.7. The van der Waals surface area contributed by atoms with Gasteiger partial charge in [-0.15, -0.1) is 0 Å². The lowest BCUT2D eigenvalue weighted by molar-refractivity contribution is -0.168. The number of ketones is 1. The molecule has 5 bridgehead atoms. The summed E-state index contributed by atoms with van der Waals surface area (Å²) < 4.78 is 18.6. The molecule has 0 aromatic heterocycles. The lowest BCUT2D eigenvalue weighted by Crippen LogP contribution is -2.46. The number of hydrogen-bond donors (Lipinski definition) is 6. The first-order chi connectivity index (χ1) is 33.1. The van der Waals surface area contributed by atoms with Gasteiger partial charge in [-0.2, -0.15) is 0 Å². The number of aliphatic hydroxyl groups is 3. The molecule has 3 unspecified atom stereocenters. The Morgan fingerprint density at radius 3 is 2.19 bits per heavy atom. The van der Waals surface area contributed by atoms with Crippen LogP contribution in [0.5, 0.6) is 17.2 Å². The number of piperidine rings is 2. The predicted octanol–water partition coefficient (Wildman–Crippen LogP) is 5.36. The highest BCUT2D eigenvalue weighted by molar-refractivity contribution is 6.19. The van der Waals surface area contributed by atoms with Crippen molar-refractivity contribution in [2.24, 2.45) is 45.5 Å². The third-order valence-electron chi connectivity index (χ3n) is 14.8. The van der Waals surface area contributed by atoms with Crippen molar-refractivity contribution in [3.8, 4) is 17.2 Å². The molecule has 2 aromatic carbocycles. The number of rotatable bonds is 5. The second-order valence-corrected chi connectivity index (χ2v) is 20.6. The summed E-state index contributed by atoms with van der Waals surface area (Å²) >= 11 is 0. The lowest BCUT2D eigenvalue weighted by Gasteiger charge is -2.37. The molecular formula is C53H75N5O12. The molecule has 6 N–H and O–H groups in total. The molecular weight excluding hydrogens is 899 g/mol. The van der Waals surface area contributed by atoms with Gasteiger partial charge in [0.1, 0.15) is 34.6 Å². The summed E-state index contributed by atoms with van der Waals surface area (Å²) in [7, 11) is 1.00. The van der Waals surface area contributed by atoms with E-state index in [1.54, 1.807) is 63.8 Å². The highest BCUT2D eigenvalue weighted by Gasteiger charge is 2.50. The van der Waals surface area contributed by atoms with Crippen LogP contribution in [0.1, 0.15) is 117 Å². The molecule has 2 fully saturated rings. The van der Waals surface area contributed by atoms with E-state index in [2.05, 4.69) is 24.1 Å². The maximum Gasteiger partial charge on any atom is 0.318 e. The number of esters is 1. The third-order valence-corrected chi connectivity index (χ3v) is 14.8. The summed E-state index contributed by atoms with van der Waals surface area (Å²) in [6.45, 7) is 21.0. The molecule has 1 spiro atoms. The largest absolute Gasteiger partial charge is 0.507 e. The Morgan fingerprint density at radius 2 is 1.54 bits per heavy atom. The van der Waals surface area contributed by atoms with Crippen LogP contribution in [0, 0.1) is 42.4 Å². The fourth-order valence-corrected chi connectivity index (χ4v) is 10.5. The monoisotopic (exact) mass is 974 g/mol. The number of amides is 2. The minimum absolute atomic E-state index is 0.0429. The number of carbonyl (C=O) groups excluding carboxylic acids is 4. The number of aromatic hydroxyl groups is 2. The summed E-state index contributed by atoms with van der Waals surface area (Å²) in [6, 6.07) is 0. The number of ether oxygens (including phenoxy) is 3. The number of likely N-dealkylation sites (tertiary alicyclic amines) is 2. The molecule has 6 aliphatic heterocycles. The second kappa shape index (κ2) is 22.0. The molecule has 2 saturated heterocycles. The number of carbonyl (C=O) groups is 4. The fraction of sp³-hybridized carbons (Fsp3) is 0.623. The summed E-state index contributed by atoms with van der Waals surface area (Å²) in [5.41, 5.74) is -0.577. The maximum absolute atomic E-state index is 14.8. The Labute approximate surface area is 411 Å². The Hall–Kier alpha value is -5.36. The zero-order valence-electron chi connectivity index (χ0n) is 42.7. The van der Waals surface area contributed by atoms with E-state index < -0.39 is 82.8 Å². The van der Waals surface area contributed by atoms with Gasteiger partial charge in [0.15, 0.2) is 11.4 Å². The van der Waals surface area contributed by atoms with Gasteiger partial charge in [-0.25, -0.2) is 0 Å².